The summed E-state index contributed by atoms with van der Waals surface area (Å²) in [5.41, 5.74) is 3.06. The van der Waals surface area contributed by atoms with E-state index in [-0.39, 0.29) is 6.04 Å². The first-order valence-electron chi connectivity index (χ1n) is 7.18. The van der Waals surface area contributed by atoms with E-state index in [4.69, 9.17) is 10.00 Å². The highest BCUT2D eigenvalue weighted by Crippen LogP contribution is 2.19. The SMILES string of the molecule is CCOc1cccc(C(C)NCc2ccc(C#N)cc2)c1. The molecule has 0 amide bonds. The van der Waals surface area contributed by atoms with Gasteiger partial charge in [-0.2, -0.15) is 5.26 Å². The van der Waals surface area contributed by atoms with Crippen molar-refractivity contribution in [1.29, 1.82) is 5.26 Å². The van der Waals surface area contributed by atoms with Crippen LogP contribution in [-0.2, 0) is 6.54 Å². The molecule has 1 unspecified atom stereocenters. The molecule has 1 N–H and O–H groups in total. The summed E-state index contributed by atoms with van der Waals surface area (Å²) in [4.78, 5) is 0. The van der Waals surface area contributed by atoms with Crippen molar-refractivity contribution in [2.75, 3.05) is 6.61 Å². The Morgan fingerprint density at radius 2 is 1.95 bits per heavy atom. The van der Waals surface area contributed by atoms with Gasteiger partial charge in [-0.3, -0.25) is 0 Å². The van der Waals surface area contributed by atoms with E-state index in [9.17, 15) is 0 Å². The first-order chi connectivity index (χ1) is 10.2. The van der Waals surface area contributed by atoms with E-state index in [0.717, 1.165) is 12.3 Å². The van der Waals surface area contributed by atoms with Gasteiger partial charge < -0.3 is 10.1 Å². The number of benzene rings is 2. The number of rotatable bonds is 6. The maximum Gasteiger partial charge on any atom is 0.119 e. The molecule has 0 aliphatic carbocycles. The minimum atomic E-state index is 0.237. The van der Waals surface area contributed by atoms with Crippen LogP contribution in [0.3, 0.4) is 0 Å². The number of ether oxygens (including phenoxy) is 1. The number of nitriles is 1. The smallest absolute Gasteiger partial charge is 0.119 e. The molecule has 108 valence electrons. The Morgan fingerprint density at radius 1 is 1.19 bits per heavy atom. The molecule has 0 radical (unpaired) electrons. The number of nitrogens with zero attached hydrogens (tertiary/aromatic N) is 1. The van der Waals surface area contributed by atoms with E-state index < -0.39 is 0 Å². The van der Waals surface area contributed by atoms with Gasteiger partial charge >= 0.3 is 0 Å². The summed E-state index contributed by atoms with van der Waals surface area (Å²) < 4.78 is 5.53. The molecule has 0 aromatic heterocycles. The lowest BCUT2D eigenvalue weighted by molar-refractivity contribution is 0.339. The average Bonchev–Trinajstić information content (AvgIpc) is 2.53. The Morgan fingerprint density at radius 3 is 2.62 bits per heavy atom. The highest BCUT2D eigenvalue weighted by Gasteiger charge is 2.06. The lowest BCUT2D eigenvalue weighted by Gasteiger charge is -2.15. The average molecular weight is 280 g/mol. The normalized spacial score (nSPS) is 11.7. The molecule has 0 spiro atoms. The maximum absolute atomic E-state index is 8.79. The zero-order valence-corrected chi connectivity index (χ0v) is 12.5. The summed E-state index contributed by atoms with van der Waals surface area (Å²) in [6.45, 7) is 5.57. The molecule has 0 fully saturated rings. The summed E-state index contributed by atoms with van der Waals surface area (Å²) in [6, 6.07) is 18.2. The van der Waals surface area contributed by atoms with Crippen LogP contribution in [0.4, 0.5) is 0 Å². The van der Waals surface area contributed by atoms with Crippen molar-refractivity contribution in [3.63, 3.8) is 0 Å². The van der Waals surface area contributed by atoms with Crippen molar-refractivity contribution in [2.45, 2.75) is 26.4 Å². The van der Waals surface area contributed by atoms with Gasteiger partial charge in [0.15, 0.2) is 0 Å². The molecular formula is C18H20N2O. The second-order valence-corrected chi connectivity index (χ2v) is 4.92. The lowest BCUT2D eigenvalue weighted by Crippen LogP contribution is -2.18. The van der Waals surface area contributed by atoms with E-state index in [0.29, 0.717) is 12.2 Å². The Hall–Kier alpha value is -2.31. The fraction of sp³-hybridized carbons (Fsp3) is 0.278. The predicted octanol–water partition coefficient (Wildman–Crippen LogP) is 3.81. The molecule has 0 aliphatic rings. The van der Waals surface area contributed by atoms with Crippen LogP contribution in [0, 0.1) is 11.3 Å². The first kappa shape index (κ1) is 15.1. The van der Waals surface area contributed by atoms with Crippen molar-refractivity contribution in [1.82, 2.24) is 5.32 Å². The molecule has 3 heteroatoms. The van der Waals surface area contributed by atoms with Gasteiger partial charge in [-0.15, -0.1) is 0 Å². The van der Waals surface area contributed by atoms with Gasteiger partial charge in [-0.25, -0.2) is 0 Å². The lowest BCUT2D eigenvalue weighted by atomic mass is 10.1. The largest absolute Gasteiger partial charge is 0.494 e. The number of hydrogen-bond donors (Lipinski definition) is 1. The van der Waals surface area contributed by atoms with Gasteiger partial charge in [-0.1, -0.05) is 24.3 Å². The Kier molecular flexibility index (Phi) is 5.36. The fourth-order valence-electron chi connectivity index (χ4n) is 2.13. The van der Waals surface area contributed by atoms with Gasteiger partial charge in [0.05, 0.1) is 18.2 Å². The minimum Gasteiger partial charge on any atom is -0.494 e. The van der Waals surface area contributed by atoms with Crippen molar-refractivity contribution in [3.8, 4) is 11.8 Å². The predicted molar refractivity (Wildman–Crippen MR) is 84.0 cm³/mol. The van der Waals surface area contributed by atoms with Crippen molar-refractivity contribution in [3.05, 3.63) is 65.2 Å². The van der Waals surface area contributed by atoms with Crippen LogP contribution >= 0.6 is 0 Å². The summed E-state index contributed by atoms with van der Waals surface area (Å²) in [5, 5.41) is 12.3. The Balaban J connectivity index is 1.96. The molecule has 0 aliphatic heterocycles. The molecule has 0 saturated carbocycles. The summed E-state index contributed by atoms with van der Waals surface area (Å²) in [5.74, 6) is 0.905. The quantitative estimate of drug-likeness (QED) is 0.875. The molecule has 2 aromatic carbocycles. The van der Waals surface area contributed by atoms with E-state index in [2.05, 4.69) is 30.4 Å². The third-order valence-electron chi connectivity index (χ3n) is 3.36. The zero-order chi connectivity index (χ0) is 15.1. The molecule has 0 saturated heterocycles. The Labute approximate surface area is 126 Å². The minimum absolute atomic E-state index is 0.237. The molecule has 21 heavy (non-hydrogen) atoms. The van der Waals surface area contributed by atoms with Gasteiger partial charge in [0.1, 0.15) is 5.75 Å². The second-order valence-electron chi connectivity index (χ2n) is 4.92. The molecule has 2 aromatic rings. The van der Waals surface area contributed by atoms with Crippen molar-refractivity contribution >= 4 is 0 Å². The summed E-state index contributed by atoms with van der Waals surface area (Å²) in [6.07, 6.45) is 0. The monoisotopic (exact) mass is 280 g/mol. The van der Waals surface area contributed by atoms with Crippen LogP contribution in [0.15, 0.2) is 48.5 Å². The first-order valence-corrected chi connectivity index (χ1v) is 7.18. The second kappa shape index (κ2) is 7.47. The molecule has 0 bridgehead atoms. The Bertz CT molecular complexity index is 614. The van der Waals surface area contributed by atoms with Crippen LogP contribution in [0.2, 0.25) is 0 Å². The van der Waals surface area contributed by atoms with E-state index >= 15 is 0 Å². The van der Waals surface area contributed by atoms with E-state index in [1.807, 2.05) is 43.3 Å². The maximum atomic E-state index is 8.79. The number of nitrogens with one attached hydrogen (secondary N) is 1. The fourth-order valence-corrected chi connectivity index (χ4v) is 2.13. The van der Waals surface area contributed by atoms with E-state index in [1.54, 1.807) is 0 Å². The molecule has 1 atom stereocenters. The highest BCUT2D eigenvalue weighted by molar-refractivity contribution is 5.32. The summed E-state index contributed by atoms with van der Waals surface area (Å²) >= 11 is 0. The summed E-state index contributed by atoms with van der Waals surface area (Å²) in [7, 11) is 0. The molecule has 3 nitrogen and oxygen atoms in total. The van der Waals surface area contributed by atoms with Crippen LogP contribution in [0.25, 0.3) is 0 Å². The molecule has 2 rings (SSSR count). The third kappa shape index (κ3) is 4.34. The van der Waals surface area contributed by atoms with Crippen LogP contribution in [-0.4, -0.2) is 6.61 Å². The standard InChI is InChI=1S/C18H20N2O/c1-3-21-18-6-4-5-17(11-18)14(2)20-13-16-9-7-15(12-19)8-10-16/h4-11,14,20H,3,13H2,1-2H3. The van der Waals surface area contributed by atoms with Gasteiger partial charge in [0.25, 0.3) is 0 Å². The van der Waals surface area contributed by atoms with Crippen molar-refractivity contribution in [2.24, 2.45) is 0 Å². The van der Waals surface area contributed by atoms with Gasteiger partial charge in [0.2, 0.25) is 0 Å². The van der Waals surface area contributed by atoms with Crippen LogP contribution in [0.1, 0.15) is 36.6 Å². The molecular weight excluding hydrogens is 260 g/mol. The third-order valence-corrected chi connectivity index (χ3v) is 3.36. The van der Waals surface area contributed by atoms with Crippen LogP contribution in [0.5, 0.6) is 5.75 Å². The topological polar surface area (TPSA) is 45.0 Å². The number of hydrogen-bond acceptors (Lipinski definition) is 3. The molecule has 0 heterocycles. The van der Waals surface area contributed by atoms with E-state index in [1.165, 1.54) is 11.1 Å². The van der Waals surface area contributed by atoms with Crippen molar-refractivity contribution < 1.29 is 4.74 Å². The van der Waals surface area contributed by atoms with Gasteiger partial charge in [0, 0.05) is 12.6 Å². The highest BCUT2D eigenvalue weighted by atomic mass is 16.5. The van der Waals surface area contributed by atoms with Crippen LogP contribution < -0.4 is 10.1 Å². The van der Waals surface area contributed by atoms with Gasteiger partial charge in [-0.05, 0) is 49.2 Å². The zero-order valence-electron chi connectivity index (χ0n) is 12.5.